The maximum Gasteiger partial charge on any atom is 0.0294 e. The largest absolute Gasteiger partial charge is 0.307 e. The minimum absolute atomic E-state index is 0.452. The zero-order valence-corrected chi connectivity index (χ0v) is 13.3. The van der Waals surface area contributed by atoms with Crippen LogP contribution in [0.5, 0.6) is 0 Å². The first-order valence-corrected chi connectivity index (χ1v) is 8.83. The maximum atomic E-state index is 3.80. The molecule has 1 unspecified atom stereocenters. The van der Waals surface area contributed by atoms with Crippen LogP contribution < -0.4 is 5.32 Å². The molecule has 2 rings (SSSR count). The highest BCUT2D eigenvalue weighted by atomic mass is 32.2. The van der Waals surface area contributed by atoms with Gasteiger partial charge in [-0.2, -0.15) is 0 Å². The highest BCUT2D eigenvalue weighted by Gasteiger charge is 2.21. The molecule has 0 aromatic heterocycles. The molecule has 0 saturated heterocycles. The van der Waals surface area contributed by atoms with Crippen molar-refractivity contribution in [2.75, 3.05) is 6.26 Å². The zero-order valence-electron chi connectivity index (χ0n) is 12.5. The third-order valence-electron chi connectivity index (χ3n) is 4.49. The summed E-state index contributed by atoms with van der Waals surface area (Å²) >= 11 is 1.81. The molecule has 0 radical (unpaired) electrons. The normalized spacial score (nSPS) is 20.2. The molecule has 2 atom stereocenters. The molecule has 0 bridgehead atoms. The highest BCUT2D eigenvalue weighted by Crippen LogP contribution is 2.28. The second kappa shape index (κ2) is 7.35. The molecule has 1 aliphatic rings. The number of hydrogen-bond acceptors (Lipinski definition) is 2. The quantitative estimate of drug-likeness (QED) is 0.758. The number of thioether (sulfide) groups is 1. The molecule has 1 aromatic rings. The van der Waals surface area contributed by atoms with E-state index in [4.69, 9.17) is 0 Å². The van der Waals surface area contributed by atoms with E-state index < -0.39 is 0 Å². The topological polar surface area (TPSA) is 12.0 Å². The first-order chi connectivity index (χ1) is 9.20. The second-order valence-corrected chi connectivity index (χ2v) is 6.73. The van der Waals surface area contributed by atoms with Gasteiger partial charge in [0.15, 0.2) is 0 Å². The van der Waals surface area contributed by atoms with E-state index in [1.165, 1.54) is 42.6 Å². The molecular weight excluding hydrogens is 250 g/mol. The predicted octanol–water partition coefficient (Wildman–Crippen LogP) is 5.03. The van der Waals surface area contributed by atoms with E-state index in [9.17, 15) is 0 Å². The second-order valence-electron chi connectivity index (χ2n) is 5.85. The van der Waals surface area contributed by atoms with Crippen LogP contribution in [0.15, 0.2) is 29.2 Å². The number of hydrogen-bond donors (Lipinski definition) is 1. The van der Waals surface area contributed by atoms with E-state index in [-0.39, 0.29) is 0 Å². The maximum absolute atomic E-state index is 3.80. The molecule has 2 heteroatoms. The Morgan fingerprint density at radius 2 is 1.68 bits per heavy atom. The minimum Gasteiger partial charge on any atom is -0.307 e. The van der Waals surface area contributed by atoms with Crippen LogP contribution in [0.1, 0.15) is 57.6 Å². The average Bonchev–Trinajstić information content (AvgIpc) is 2.48. The van der Waals surface area contributed by atoms with E-state index >= 15 is 0 Å². The first kappa shape index (κ1) is 14.9. The van der Waals surface area contributed by atoms with Crippen LogP contribution in [0, 0.1) is 5.92 Å². The standard InChI is InChI=1S/C17H27NS/c1-13(15-7-5-4-6-8-15)18-14(2)16-9-11-17(19-3)12-10-16/h9-15,18H,4-8H2,1-3H3/t13-,14?/m1/s1. The van der Waals surface area contributed by atoms with E-state index in [0.29, 0.717) is 12.1 Å². The predicted molar refractivity (Wildman–Crippen MR) is 85.8 cm³/mol. The van der Waals surface area contributed by atoms with Gasteiger partial charge in [0.05, 0.1) is 0 Å². The SMILES string of the molecule is CSc1ccc(C(C)N[C@H](C)C2CCCCC2)cc1. The molecule has 0 heterocycles. The molecule has 1 saturated carbocycles. The lowest BCUT2D eigenvalue weighted by Crippen LogP contribution is -2.36. The van der Waals surface area contributed by atoms with Gasteiger partial charge in [-0.1, -0.05) is 31.4 Å². The van der Waals surface area contributed by atoms with Crippen molar-refractivity contribution in [2.24, 2.45) is 5.92 Å². The highest BCUT2D eigenvalue weighted by molar-refractivity contribution is 7.98. The molecular formula is C17H27NS. The molecule has 19 heavy (non-hydrogen) atoms. The lowest BCUT2D eigenvalue weighted by molar-refractivity contribution is 0.268. The van der Waals surface area contributed by atoms with Gasteiger partial charge in [0.1, 0.15) is 0 Å². The smallest absolute Gasteiger partial charge is 0.0294 e. The van der Waals surface area contributed by atoms with Crippen LogP contribution in [-0.4, -0.2) is 12.3 Å². The lowest BCUT2D eigenvalue weighted by atomic mass is 9.84. The lowest BCUT2D eigenvalue weighted by Gasteiger charge is -2.30. The minimum atomic E-state index is 0.452. The fourth-order valence-electron chi connectivity index (χ4n) is 3.15. The van der Waals surface area contributed by atoms with Crippen molar-refractivity contribution in [3.05, 3.63) is 29.8 Å². The van der Waals surface area contributed by atoms with Crippen molar-refractivity contribution in [2.45, 2.75) is 62.9 Å². The molecule has 1 aliphatic carbocycles. The number of nitrogens with one attached hydrogen (secondary N) is 1. The Bertz CT molecular complexity index is 367. The molecule has 0 amide bonds. The summed E-state index contributed by atoms with van der Waals surface area (Å²) in [7, 11) is 0. The van der Waals surface area contributed by atoms with Gasteiger partial charge in [0, 0.05) is 17.0 Å². The van der Waals surface area contributed by atoms with Gasteiger partial charge in [0.25, 0.3) is 0 Å². The summed E-state index contributed by atoms with van der Waals surface area (Å²) in [4.78, 5) is 1.34. The molecule has 1 N–H and O–H groups in total. The van der Waals surface area contributed by atoms with E-state index in [0.717, 1.165) is 5.92 Å². The van der Waals surface area contributed by atoms with Crippen LogP contribution in [0.4, 0.5) is 0 Å². The van der Waals surface area contributed by atoms with Gasteiger partial charge >= 0.3 is 0 Å². The van der Waals surface area contributed by atoms with Crippen molar-refractivity contribution in [1.82, 2.24) is 5.32 Å². The van der Waals surface area contributed by atoms with Gasteiger partial charge < -0.3 is 5.32 Å². The van der Waals surface area contributed by atoms with Crippen molar-refractivity contribution in [3.8, 4) is 0 Å². The van der Waals surface area contributed by atoms with Crippen LogP contribution in [-0.2, 0) is 0 Å². The Morgan fingerprint density at radius 3 is 2.26 bits per heavy atom. The number of benzene rings is 1. The van der Waals surface area contributed by atoms with Crippen molar-refractivity contribution < 1.29 is 0 Å². The Morgan fingerprint density at radius 1 is 1.05 bits per heavy atom. The summed E-state index contributed by atoms with van der Waals surface area (Å²) in [5.41, 5.74) is 1.40. The first-order valence-electron chi connectivity index (χ1n) is 7.60. The zero-order chi connectivity index (χ0) is 13.7. The Labute approximate surface area is 122 Å². The fraction of sp³-hybridized carbons (Fsp3) is 0.647. The molecule has 106 valence electrons. The summed E-state index contributed by atoms with van der Waals surface area (Å²) in [6.45, 7) is 4.65. The van der Waals surface area contributed by atoms with Gasteiger partial charge in [-0.25, -0.2) is 0 Å². The van der Waals surface area contributed by atoms with Crippen molar-refractivity contribution >= 4 is 11.8 Å². The van der Waals surface area contributed by atoms with Crippen molar-refractivity contribution in [3.63, 3.8) is 0 Å². The molecule has 0 aliphatic heterocycles. The molecule has 1 nitrogen and oxygen atoms in total. The third kappa shape index (κ3) is 4.25. The molecule has 1 aromatic carbocycles. The Hall–Kier alpha value is -0.470. The van der Waals surface area contributed by atoms with Crippen LogP contribution >= 0.6 is 11.8 Å². The van der Waals surface area contributed by atoms with Gasteiger partial charge in [0.2, 0.25) is 0 Å². The van der Waals surface area contributed by atoms with Crippen molar-refractivity contribution in [1.29, 1.82) is 0 Å². The monoisotopic (exact) mass is 277 g/mol. The van der Waals surface area contributed by atoms with Gasteiger partial charge in [-0.3, -0.25) is 0 Å². The summed E-state index contributed by atoms with van der Waals surface area (Å²) in [6.07, 6.45) is 9.23. The summed E-state index contributed by atoms with van der Waals surface area (Å²) in [6, 6.07) is 10.1. The third-order valence-corrected chi connectivity index (χ3v) is 5.23. The summed E-state index contributed by atoms with van der Waals surface area (Å²) in [5.74, 6) is 0.877. The Kier molecular flexibility index (Phi) is 5.77. The van der Waals surface area contributed by atoms with Gasteiger partial charge in [-0.15, -0.1) is 11.8 Å². The summed E-state index contributed by atoms with van der Waals surface area (Å²) in [5, 5.41) is 3.80. The van der Waals surface area contributed by atoms with E-state index in [1.807, 2.05) is 0 Å². The summed E-state index contributed by atoms with van der Waals surface area (Å²) < 4.78 is 0. The van der Waals surface area contributed by atoms with Crippen LogP contribution in [0.25, 0.3) is 0 Å². The van der Waals surface area contributed by atoms with E-state index in [1.54, 1.807) is 11.8 Å². The molecule has 0 spiro atoms. The van der Waals surface area contributed by atoms with Crippen LogP contribution in [0.3, 0.4) is 0 Å². The van der Waals surface area contributed by atoms with E-state index in [2.05, 4.69) is 49.7 Å². The molecule has 1 fully saturated rings. The number of rotatable bonds is 5. The van der Waals surface area contributed by atoms with Gasteiger partial charge in [-0.05, 0) is 56.6 Å². The Balaban J connectivity index is 1.89. The average molecular weight is 277 g/mol. The fourth-order valence-corrected chi connectivity index (χ4v) is 3.56. The van der Waals surface area contributed by atoms with Crippen LogP contribution in [0.2, 0.25) is 0 Å².